The molecule has 0 aliphatic rings. The Morgan fingerprint density at radius 3 is 2.72 bits per heavy atom. The lowest BCUT2D eigenvalue weighted by Crippen LogP contribution is -2.23. The van der Waals surface area contributed by atoms with Gasteiger partial charge in [-0.3, -0.25) is 0 Å². The van der Waals surface area contributed by atoms with Crippen molar-refractivity contribution in [1.82, 2.24) is 9.71 Å². The van der Waals surface area contributed by atoms with Crippen LogP contribution >= 0.6 is 38.9 Å². The SMILES string of the molecule is O=S(=O)(NCc1sccc1Br)c1ccc(Cl)nc1. The number of nitrogens with zero attached hydrogens (tertiary/aromatic N) is 1. The molecule has 2 rings (SSSR count). The van der Waals surface area contributed by atoms with Gasteiger partial charge in [0.15, 0.2) is 0 Å². The van der Waals surface area contributed by atoms with E-state index in [2.05, 4.69) is 25.6 Å². The second kappa shape index (κ2) is 5.66. The van der Waals surface area contributed by atoms with Gasteiger partial charge in [-0.2, -0.15) is 0 Å². The summed E-state index contributed by atoms with van der Waals surface area (Å²) >= 11 is 10.4. The molecule has 18 heavy (non-hydrogen) atoms. The first-order valence-electron chi connectivity index (χ1n) is 4.82. The van der Waals surface area contributed by atoms with Crippen LogP contribution in [0.3, 0.4) is 0 Å². The predicted molar refractivity (Wildman–Crippen MR) is 75.3 cm³/mol. The molecule has 0 atom stereocenters. The summed E-state index contributed by atoms with van der Waals surface area (Å²) in [7, 11) is -3.56. The average Bonchev–Trinajstić information content (AvgIpc) is 2.73. The highest BCUT2D eigenvalue weighted by Gasteiger charge is 2.15. The van der Waals surface area contributed by atoms with Gasteiger partial charge in [-0.05, 0) is 39.5 Å². The fourth-order valence-corrected chi connectivity index (χ4v) is 3.79. The number of halogens is 2. The van der Waals surface area contributed by atoms with Crippen molar-refractivity contribution in [2.24, 2.45) is 0 Å². The van der Waals surface area contributed by atoms with Crippen LogP contribution in [0.2, 0.25) is 5.15 Å². The van der Waals surface area contributed by atoms with Crippen LogP contribution < -0.4 is 4.72 Å². The Bertz CT molecular complexity index is 640. The van der Waals surface area contributed by atoms with Crippen molar-refractivity contribution in [3.05, 3.63) is 44.3 Å². The first kappa shape index (κ1) is 14.0. The Kier molecular flexibility index (Phi) is 4.39. The van der Waals surface area contributed by atoms with Crippen LogP contribution in [0.1, 0.15) is 4.88 Å². The second-order valence-corrected chi connectivity index (χ2v) is 7.34. The third kappa shape index (κ3) is 3.30. The number of thiophene rings is 1. The molecule has 1 N–H and O–H groups in total. The molecule has 0 saturated heterocycles. The Balaban J connectivity index is 2.13. The van der Waals surface area contributed by atoms with Gasteiger partial charge in [0.25, 0.3) is 0 Å². The summed E-state index contributed by atoms with van der Waals surface area (Å²) in [6, 6.07) is 4.73. The highest BCUT2D eigenvalue weighted by atomic mass is 79.9. The van der Waals surface area contributed by atoms with Crippen molar-refractivity contribution in [3.8, 4) is 0 Å². The molecule has 0 saturated carbocycles. The first-order chi connectivity index (χ1) is 8.49. The monoisotopic (exact) mass is 366 g/mol. The highest BCUT2D eigenvalue weighted by Crippen LogP contribution is 2.22. The van der Waals surface area contributed by atoms with Crippen LogP contribution in [0.25, 0.3) is 0 Å². The van der Waals surface area contributed by atoms with Gasteiger partial charge in [-0.15, -0.1) is 11.3 Å². The van der Waals surface area contributed by atoms with Crippen molar-refractivity contribution in [3.63, 3.8) is 0 Å². The fraction of sp³-hybridized carbons (Fsp3) is 0.100. The minimum Gasteiger partial charge on any atom is -0.243 e. The summed E-state index contributed by atoms with van der Waals surface area (Å²) in [4.78, 5) is 4.76. The van der Waals surface area contributed by atoms with Gasteiger partial charge in [0.2, 0.25) is 10.0 Å². The maximum atomic E-state index is 11.9. The summed E-state index contributed by atoms with van der Waals surface area (Å²) in [5.74, 6) is 0. The molecular formula is C10H8BrClN2O2S2. The minimum atomic E-state index is -3.56. The van der Waals surface area contributed by atoms with E-state index in [1.54, 1.807) is 0 Å². The van der Waals surface area contributed by atoms with E-state index >= 15 is 0 Å². The van der Waals surface area contributed by atoms with E-state index in [0.29, 0.717) is 0 Å². The molecule has 0 amide bonds. The third-order valence-electron chi connectivity index (χ3n) is 2.12. The topological polar surface area (TPSA) is 59.1 Å². The number of rotatable bonds is 4. The van der Waals surface area contributed by atoms with Gasteiger partial charge in [-0.1, -0.05) is 11.6 Å². The summed E-state index contributed by atoms with van der Waals surface area (Å²) in [5, 5.41) is 2.15. The number of nitrogens with one attached hydrogen (secondary N) is 1. The molecule has 2 aromatic heterocycles. The number of aromatic nitrogens is 1. The van der Waals surface area contributed by atoms with Crippen molar-refractivity contribution in [1.29, 1.82) is 0 Å². The van der Waals surface area contributed by atoms with Crippen LogP contribution in [0, 0.1) is 0 Å². The van der Waals surface area contributed by atoms with Gasteiger partial charge in [0.1, 0.15) is 10.0 Å². The van der Waals surface area contributed by atoms with Crippen molar-refractivity contribution < 1.29 is 8.42 Å². The van der Waals surface area contributed by atoms with Crippen LogP contribution in [-0.4, -0.2) is 13.4 Å². The minimum absolute atomic E-state index is 0.0968. The molecule has 2 heterocycles. The molecule has 4 nitrogen and oxygen atoms in total. The lowest BCUT2D eigenvalue weighted by atomic mass is 10.5. The van der Waals surface area contributed by atoms with E-state index in [0.717, 1.165) is 9.35 Å². The average molecular weight is 368 g/mol. The van der Waals surface area contributed by atoms with Gasteiger partial charge >= 0.3 is 0 Å². The Morgan fingerprint density at radius 2 is 2.17 bits per heavy atom. The summed E-state index contributed by atoms with van der Waals surface area (Å²) < 4.78 is 27.3. The first-order valence-corrected chi connectivity index (χ1v) is 8.35. The molecule has 0 fully saturated rings. The number of hydrogen-bond acceptors (Lipinski definition) is 4. The van der Waals surface area contributed by atoms with E-state index in [-0.39, 0.29) is 16.6 Å². The lowest BCUT2D eigenvalue weighted by molar-refractivity contribution is 0.581. The Labute approximate surface area is 122 Å². The summed E-state index contributed by atoms with van der Waals surface area (Å²) in [5.41, 5.74) is 0. The van der Waals surface area contributed by atoms with E-state index in [1.807, 2.05) is 11.4 Å². The lowest BCUT2D eigenvalue weighted by Gasteiger charge is -2.05. The molecule has 8 heteroatoms. The van der Waals surface area contributed by atoms with Gasteiger partial charge < -0.3 is 0 Å². The Hall–Kier alpha value is -0.470. The quantitative estimate of drug-likeness (QED) is 0.845. The van der Waals surface area contributed by atoms with E-state index < -0.39 is 10.0 Å². The molecule has 96 valence electrons. The van der Waals surface area contributed by atoms with Crippen molar-refractivity contribution in [2.75, 3.05) is 0 Å². The van der Waals surface area contributed by atoms with Gasteiger partial charge in [0.05, 0.1) is 0 Å². The zero-order chi connectivity index (χ0) is 13.2. The molecule has 2 aromatic rings. The van der Waals surface area contributed by atoms with Crippen LogP contribution in [0.4, 0.5) is 0 Å². The largest absolute Gasteiger partial charge is 0.243 e. The van der Waals surface area contributed by atoms with E-state index in [9.17, 15) is 8.42 Å². The molecule has 0 aliphatic carbocycles. The summed E-state index contributed by atoms with van der Waals surface area (Å²) in [6.07, 6.45) is 1.23. The number of pyridine rings is 1. The van der Waals surface area contributed by atoms with Gasteiger partial charge in [-0.25, -0.2) is 18.1 Å². The molecule has 0 unspecified atom stereocenters. The maximum Gasteiger partial charge on any atom is 0.242 e. The molecule has 0 spiro atoms. The van der Waals surface area contributed by atoms with Crippen LogP contribution in [0.15, 0.2) is 39.1 Å². The zero-order valence-electron chi connectivity index (χ0n) is 8.93. The van der Waals surface area contributed by atoms with Crippen LogP contribution in [-0.2, 0) is 16.6 Å². The normalized spacial score (nSPS) is 11.7. The van der Waals surface area contributed by atoms with E-state index in [4.69, 9.17) is 11.6 Å². The number of hydrogen-bond donors (Lipinski definition) is 1. The van der Waals surface area contributed by atoms with E-state index in [1.165, 1.54) is 29.7 Å². The zero-order valence-corrected chi connectivity index (χ0v) is 12.9. The smallest absolute Gasteiger partial charge is 0.242 e. The van der Waals surface area contributed by atoms with Crippen molar-refractivity contribution >= 4 is 48.9 Å². The molecule has 0 bridgehead atoms. The summed E-state index contributed by atoms with van der Waals surface area (Å²) in [6.45, 7) is 0.239. The second-order valence-electron chi connectivity index (χ2n) is 3.33. The Morgan fingerprint density at radius 1 is 1.39 bits per heavy atom. The standard InChI is InChI=1S/C10H8BrClN2O2S2/c11-8-3-4-17-9(8)6-14-18(15,16)7-1-2-10(12)13-5-7/h1-5,14H,6H2. The van der Waals surface area contributed by atoms with Crippen LogP contribution in [0.5, 0.6) is 0 Å². The molecular weight excluding hydrogens is 360 g/mol. The third-order valence-corrected chi connectivity index (χ3v) is 5.66. The highest BCUT2D eigenvalue weighted by molar-refractivity contribution is 9.10. The maximum absolute atomic E-state index is 11.9. The van der Waals surface area contributed by atoms with Gasteiger partial charge in [0, 0.05) is 22.1 Å². The van der Waals surface area contributed by atoms with Crippen molar-refractivity contribution in [2.45, 2.75) is 11.4 Å². The number of sulfonamides is 1. The molecule has 0 aliphatic heterocycles. The molecule has 0 aromatic carbocycles. The predicted octanol–water partition coefficient (Wildman–Crippen LogP) is 3.04. The molecule has 0 radical (unpaired) electrons. The fourth-order valence-electron chi connectivity index (χ4n) is 1.22.